The fraction of sp³-hybridized carbons (Fsp3) is 0.478. The number of hydrogen-bond acceptors (Lipinski definition) is 9. The molecule has 0 saturated carbocycles. The summed E-state index contributed by atoms with van der Waals surface area (Å²) in [5.41, 5.74) is 0.405. The quantitative estimate of drug-likeness (QED) is 0.682. The number of nitrogens with one attached hydrogen (secondary N) is 2. The number of nitrogens with zero attached hydrogens (tertiary/aromatic N) is 3. The van der Waals surface area contributed by atoms with Crippen molar-refractivity contribution in [1.82, 2.24) is 9.97 Å². The predicted molar refractivity (Wildman–Crippen MR) is 120 cm³/mol. The second kappa shape index (κ2) is 8.62. The van der Waals surface area contributed by atoms with Crippen molar-refractivity contribution in [1.29, 1.82) is 5.26 Å². The minimum atomic E-state index is -1.11. The van der Waals surface area contributed by atoms with Crippen molar-refractivity contribution >= 4 is 17.7 Å². The number of fused-ring (bicyclic) bond motifs is 1. The third kappa shape index (κ3) is 3.65. The first kappa shape index (κ1) is 22.2. The topological polar surface area (TPSA) is 139 Å². The van der Waals surface area contributed by atoms with Gasteiger partial charge in [-0.05, 0) is 17.7 Å². The van der Waals surface area contributed by atoms with Gasteiger partial charge in [0.2, 0.25) is 11.9 Å². The van der Waals surface area contributed by atoms with Crippen LogP contribution in [0.3, 0.4) is 0 Å². The lowest BCUT2D eigenvalue weighted by atomic mass is 9.79. The van der Waals surface area contributed by atoms with Gasteiger partial charge in [-0.25, -0.2) is 0 Å². The summed E-state index contributed by atoms with van der Waals surface area (Å²) in [6, 6.07) is 7.12. The first-order chi connectivity index (χ1) is 16.5. The van der Waals surface area contributed by atoms with Crippen LogP contribution in [0, 0.1) is 17.2 Å². The van der Waals surface area contributed by atoms with E-state index in [0.29, 0.717) is 62.2 Å². The van der Waals surface area contributed by atoms with Crippen LogP contribution in [0.25, 0.3) is 0 Å². The molecule has 2 saturated heterocycles. The Morgan fingerprint density at radius 3 is 2.50 bits per heavy atom. The number of anilines is 2. The Hall–Kier alpha value is -3.62. The van der Waals surface area contributed by atoms with Gasteiger partial charge in [-0.2, -0.15) is 10.2 Å². The maximum atomic E-state index is 13.3. The van der Waals surface area contributed by atoms with Gasteiger partial charge in [0, 0.05) is 31.8 Å². The molecule has 0 aliphatic carbocycles. The molecule has 2 fully saturated rings. The second-order valence-electron chi connectivity index (χ2n) is 8.43. The lowest BCUT2D eigenvalue weighted by molar-refractivity contribution is -0.169. The lowest BCUT2D eigenvalue weighted by Gasteiger charge is -2.38. The van der Waals surface area contributed by atoms with Crippen LogP contribution in [0.5, 0.6) is 11.5 Å². The number of carbonyl (C=O) groups excluding carboxylic acids is 1. The fourth-order valence-corrected chi connectivity index (χ4v) is 4.90. The molecule has 0 bridgehead atoms. The highest BCUT2D eigenvalue weighted by Gasteiger charge is 2.42. The molecule has 4 heterocycles. The van der Waals surface area contributed by atoms with Crippen molar-refractivity contribution in [3.8, 4) is 17.6 Å². The molecule has 11 nitrogen and oxygen atoms in total. The zero-order chi connectivity index (χ0) is 23.9. The molecular formula is C23H25N5O6. The Morgan fingerprint density at radius 2 is 1.85 bits per heavy atom. The number of piperidine rings is 1. The Balaban J connectivity index is 1.52. The summed E-state index contributed by atoms with van der Waals surface area (Å²) in [4.78, 5) is 35.5. The molecule has 2 aromatic rings. The standard InChI is InChI=1S/C23H25N5O6/c1-31-15-4-3-13(11-16(15)32-2)17-14(12-24)20(29)25-19-18(17)21(30)27-22(26-19)28-7-5-23(6-8-28)33-9-10-34-23/h3-4,11,14,17H,5-10H2,1-2H3,(H2,25,26,27,29,30). The van der Waals surface area contributed by atoms with Crippen molar-refractivity contribution in [3.05, 3.63) is 39.7 Å². The maximum Gasteiger partial charge on any atom is 0.258 e. The van der Waals surface area contributed by atoms with E-state index in [0.717, 1.165) is 0 Å². The number of aromatic amines is 1. The van der Waals surface area contributed by atoms with Crippen molar-refractivity contribution in [3.63, 3.8) is 0 Å². The number of rotatable bonds is 4. The second-order valence-corrected chi connectivity index (χ2v) is 8.43. The number of methoxy groups -OCH3 is 2. The number of aromatic nitrogens is 2. The van der Waals surface area contributed by atoms with E-state index in [1.54, 1.807) is 18.2 Å². The van der Waals surface area contributed by atoms with Gasteiger partial charge >= 0.3 is 0 Å². The summed E-state index contributed by atoms with van der Waals surface area (Å²) in [5.74, 6) is -1.54. The van der Waals surface area contributed by atoms with Gasteiger partial charge in [0.15, 0.2) is 17.3 Å². The first-order valence-corrected chi connectivity index (χ1v) is 11.1. The molecule has 2 unspecified atom stereocenters. The van der Waals surface area contributed by atoms with Crippen molar-refractivity contribution in [2.45, 2.75) is 24.5 Å². The first-order valence-electron chi connectivity index (χ1n) is 11.1. The monoisotopic (exact) mass is 467 g/mol. The van der Waals surface area contributed by atoms with E-state index in [1.165, 1.54) is 14.2 Å². The third-order valence-electron chi connectivity index (χ3n) is 6.66. The molecule has 0 radical (unpaired) electrons. The largest absolute Gasteiger partial charge is 0.493 e. The number of hydrogen-bond donors (Lipinski definition) is 2. The number of ether oxygens (including phenoxy) is 4. The van der Waals surface area contributed by atoms with Gasteiger partial charge in [0.25, 0.3) is 5.56 Å². The minimum absolute atomic E-state index is 0.156. The summed E-state index contributed by atoms with van der Waals surface area (Å²) in [6.07, 6.45) is 1.29. The molecule has 5 rings (SSSR count). The number of benzene rings is 1. The zero-order valence-electron chi connectivity index (χ0n) is 18.9. The van der Waals surface area contributed by atoms with Gasteiger partial charge in [-0.3, -0.25) is 14.6 Å². The third-order valence-corrected chi connectivity index (χ3v) is 6.66. The SMILES string of the molecule is COc1ccc(C2c3c(nc(N4CCC5(CC4)OCCO5)[nH]c3=O)NC(=O)C2C#N)cc1OC. The summed E-state index contributed by atoms with van der Waals surface area (Å²) < 4.78 is 22.2. The predicted octanol–water partition coefficient (Wildman–Crippen LogP) is 1.35. The Morgan fingerprint density at radius 1 is 1.15 bits per heavy atom. The summed E-state index contributed by atoms with van der Waals surface area (Å²) in [6.45, 7) is 2.32. The van der Waals surface area contributed by atoms with Crippen LogP contribution in [0.2, 0.25) is 0 Å². The Bertz CT molecular complexity index is 1210. The maximum absolute atomic E-state index is 13.3. The molecule has 3 aliphatic heterocycles. The van der Waals surface area contributed by atoms with Gasteiger partial charge < -0.3 is 29.2 Å². The van der Waals surface area contributed by atoms with Crippen molar-refractivity contribution in [2.75, 3.05) is 50.7 Å². The van der Waals surface area contributed by atoms with Crippen LogP contribution in [-0.4, -0.2) is 62.2 Å². The van der Waals surface area contributed by atoms with Gasteiger partial charge in [-0.1, -0.05) is 6.07 Å². The molecule has 1 amide bonds. The number of H-pyrrole nitrogens is 1. The lowest BCUT2D eigenvalue weighted by Crippen LogP contribution is -2.46. The van der Waals surface area contributed by atoms with Gasteiger partial charge in [0.05, 0.1) is 39.1 Å². The Kier molecular flexibility index (Phi) is 5.63. The van der Waals surface area contributed by atoms with Crippen LogP contribution >= 0.6 is 0 Å². The molecular weight excluding hydrogens is 442 g/mol. The molecule has 178 valence electrons. The normalized spacial score (nSPS) is 23.2. The van der Waals surface area contributed by atoms with E-state index in [1.807, 2.05) is 11.0 Å². The van der Waals surface area contributed by atoms with E-state index < -0.39 is 29.1 Å². The average Bonchev–Trinajstić information content (AvgIpc) is 3.30. The number of amides is 1. The molecule has 2 N–H and O–H groups in total. The summed E-state index contributed by atoms with van der Waals surface area (Å²) in [7, 11) is 3.01. The number of nitriles is 1. The van der Waals surface area contributed by atoms with Gasteiger partial charge in [-0.15, -0.1) is 0 Å². The molecule has 34 heavy (non-hydrogen) atoms. The average molecular weight is 467 g/mol. The number of carbonyl (C=O) groups is 1. The van der Waals surface area contributed by atoms with Crippen LogP contribution < -0.4 is 25.2 Å². The molecule has 11 heteroatoms. The Labute approximate surface area is 195 Å². The van der Waals surface area contributed by atoms with Crippen molar-refractivity contribution < 1.29 is 23.7 Å². The summed E-state index contributed by atoms with van der Waals surface area (Å²) in [5, 5.41) is 12.4. The molecule has 1 aromatic carbocycles. The van der Waals surface area contributed by atoms with Crippen LogP contribution in [0.15, 0.2) is 23.0 Å². The summed E-state index contributed by atoms with van der Waals surface area (Å²) >= 11 is 0. The van der Waals surface area contributed by atoms with Crippen LogP contribution in [-0.2, 0) is 14.3 Å². The van der Waals surface area contributed by atoms with Crippen molar-refractivity contribution in [2.24, 2.45) is 5.92 Å². The van der Waals surface area contributed by atoms with Gasteiger partial charge in [0.1, 0.15) is 11.7 Å². The molecule has 2 atom stereocenters. The van der Waals surface area contributed by atoms with Crippen LogP contribution in [0.1, 0.15) is 29.9 Å². The van der Waals surface area contributed by atoms with E-state index >= 15 is 0 Å². The zero-order valence-corrected chi connectivity index (χ0v) is 18.9. The highest BCUT2D eigenvalue weighted by atomic mass is 16.7. The smallest absolute Gasteiger partial charge is 0.258 e. The minimum Gasteiger partial charge on any atom is -0.493 e. The molecule has 3 aliphatic rings. The highest BCUT2D eigenvalue weighted by Crippen LogP contribution is 2.41. The highest BCUT2D eigenvalue weighted by molar-refractivity contribution is 5.98. The van der Waals surface area contributed by atoms with E-state index in [9.17, 15) is 14.9 Å². The molecule has 1 aromatic heterocycles. The van der Waals surface area contributed by atoms with E-state index in [2.05, 4.69) is 15.3 Å². The van der Waals surface area contributed by atoms with E-state index in [-0.39, 0.29) is 11.4 Å². The van der Waals surface area contributed by atoms with E-state index in [4.69, 9.17) is 18.9 Å². The van der Waals surface area contributed by atoms with Crippen LogP contribution in [0.4, 0.5) is 11.8 Å². The fourth-order valence-electron chi connectivity index (χ4n) is 4.90. The molecule has 1 spiro atoms.